The molecule has 0 radical (unpaired) electrons. The number of allylic oxidation sites excluding steroid dienone is 7. The van der Waals surface area contributed by atoms with Gasteiger partial charge in [0.25, 0.3) is 0 Å². The molecule has 5 rings (SSSR count). The second-order valence-corrected chi connectivity index (χ2v) is 16.3. The van der Waals surface area contributed by atoms with Crippen LogP contribution in [0.1, 0.15) is 90.6 Å². The molecule has 0 fully saturated rings. The Morgan fingerprint density at radius 3 is 2.11 bits per heavy atom. The Morgan fingerprint density at radius 2 is 1.53 bits per heavy atom. The van der Waals surface area contributed by atoms with E-state index in [2.05, 4.69) is 169 Å². The third-order valence-electron chi connectivity index (χ3n) is 9.93. The van der Waals surface area contributed by atoms with Crippen LogP contribution in [-0.4, -0.2) is 10.7 Å². The average Bonchev–Trinajstić information content (AvgIpc) is 3.36. The SMILES string of the molecule is C=C/C=C\c1c(C)c(N(C2=CCCC(C(C)(C)C)C=C2)/C(=C/C=C)N=C(C)C)c2ccccc2c1N(c1ccc(C(C)(C)C)cc1)c1cccc(C)n1. The zero-order valence-corrected chi connectivity index (χ0v) is 33.7. The molecule has 0 bridgehead atoms. The van der Waals surface area contributed by atoms with E-state index in [1.165, 1.54) is 5.56 Å². The van der Waals surface area contributed by atoms with E-state index >= 15 is 0 Å². The van der Waals surface area contributed by atoms with Crippen LogP contribution in [0.2, 0.25) is 0 Å². The molecule has 1 aliphatic carbocycles. The van der Waals surface area contributed by atoms with Gasteiger partial charge in [-0.05, 0) is 105 Å². The van der Waals surface area contributed by atoms with E-state index in [0.717, 1.165) is 80.5 Å². The molecule has 4 aromatic rings. The molecule has 1 heterocycles. The highest BCUT2D eigenvalue weighted by Gasteiger charge is 2.29. The van der Waals surface area contributed by atoms with E-state index in [4.69, 9.17) is 9.98 Å². The normalized spacial score (nSPS) is 15.2. The van der Waals surface area contributed by atoms with Gasteiger partial charge in [-0.25, -0.2) is 9.98 Å². The van der Waals surface area contributed by atoms with Crippen molar-refractivity contribution >= 4 is 45.4 Å². The van der Waals surface area contributed by atoms with Crippen molar-refractivity contribution in [3.63, 3.8) is 0 Å². The van der Waals surface area contributed by atoms with Crippen molar-refractivity contribution in [1.29, 1.82) is 0 Å². The van der Waals surface area contributed by atoms with E-state index in [1.807, 2.05) is 38.2 Å². The van der Waals surface area contributed by atoms with Crippen molar-refractivity contribution in [3.05, 3.63) is 156 Å². The lowest BCUT2D eigenvalue weighted by molar-refractivity contribution is 0.280. The highest BCUT2D eigenvalue weighted by Crippen LogP contribution is 2.49. The van der Waals surface area contributed by atoms with Gasteiger partial charge in [0.2, 0.25) is 0 Å². The maximum absolute atomic E-state index is 5.15. The lowest BCUT2D eigenvalue weighted by atomic mass is 9.78. The fraction of sp³-hybridized carbons (Fsp3) is 0.306. The summed E-state index contributed by atoms with van der Waals surface area (Å²) in [7, 11) is 0. The molecule has 3 aromatic carbocycles. The summed E-state index contributed by atoms with van der Waals surface area (Å²) in [6, 6.07) is 23.9. The van der Waals surface area contributed by atoms with E-state index in [1.54, 1.807) is 0 Å². The van der Waals surface area contributed by atoms with Gasteiger partial charge in [-0.1, -0.05) is 134 Å². The Labute approximate surface area is 319 Å². The highest BCUT2D eigenvalue weighted by molar-refractivity contribution is 6.10. The third-order valence-corrected chi connectivity index (χ3v) is 9.93. The van der Waals surface area contributed by atoms with Gasteiger partial charge in [0, 0.05) is 39.1 Å². The van der Waals surface area contributed by atoms with Crippen LogP contribution in [0, 0.1) is 25.2 Å². The summed E-state index contributed by atoms with van der Waals surface area (Å²) in [5.41, 5.74) is 9.87. The summed E-state index contributed by atoms with van der Waals surface area (Å²) < 4.78 is 0. The highest BCUT2D eigenvalue weighted by atomic mass is 15.2. The van der Waals surface area contributed by atoms with Crippen LogP contribution < -0.4 is 9.80 Å². The molecule has 274 valence electrons. The molecule has 0 amide bonds. The van der Waals surface area contributed by atoms with Crippen LogP contribution in [0.3, 0.4) is 0 Å². The van der Waals surface area contributed by atoms with Crippen LogP contribution >= 0.6 is 0 Å². The number of aliphatic imine (C=N–C) groups is 1. The third kappa shape index (κ3) is 8.71. The molecular formula is C49H58N4. The fourth-order valence-corrected chi connectivity index (χ4v) is 7.13. The largest absolute Gasteiger partial charge is 0.294 e. The lowest BCUT2D eigenvalue weighted by Gasteiger charge is -2.34. The standard InChI is InChI=1S/C49H58N4/c1-13-15-24-41-36(6)46(52(44(20-14-2)50-34(3)4)39-23-19-22-37(28-31-39)48(7,8)9)42-25-16-17-26-43(42)47(41)53(45-27-18-21-35(5)51-45)40-32-29-38(30-33-40)49(10,11)12/h13-18,20-21,23-33,37H,1-2,19,22H2,3-12H3/b24-15-,44-20+. The maximum atomic E-state index is 5.15. The first-order valence-electron chi connectivity index (χ1n) is 18.9. The number of anilines is 4. The molecule has 0 N–H and O–H groups in total. The molecule has 0 spiro atoms. The van der Waals surface area contributed by atoms with Gasteiger partial charge in [-0.15, -0.1) is 0 Å². The van der Waals surface area contributed by atoms with Crippen LogP contribution in [0.25, 0.3) is 16.8 Å². The molecule has 1 atom stereocenters. The van der Waals surface area contributed by atoms with E-state index < -0.39 is 0 Å². The molecule has 4 heteroatoms. The molecule has 1 aliphatic rings. The maximum Gasteiger partial charge on any atom is 0.137 e. The topological polar surface area (TPSA) is 31.7 Å². The predicted octanol–water partition coefficient (Wildman–Crippen LogP) is 14.0. The quantitative estimate of drug-likeness (QED) is 0.122. The van der Waals surface area contributed by atoms with Crippen molar-refractivity contribution in [2.24, 2.45) is 16.3 Å². The fourth-order valence-electron chi connectivity index (χ4n) is 7.13. The van der Waals surface area contributed by atoms with Gasteiger partial charge in [0.15, 0.2) is 0 Å². The molecule has 4 nitrogen and oxygen atoms in total. The van der Waals surface area contributed by atoms with Crippen LogP contribution in [0.15, 0.2) is 139 Å². The Kier molecular flexibility index (Phi) is 11.9. The minimum atomic E-state index is 0.0290. The number of benzene rings is 3. The van der Waals surface area contributed by atoms with Crippen molar-refractivity contribution in [2.45, 2.75) is 87.5 Å². The smallest absolute Gasteiger partial charge is 0.137 e. The van der Waals surface area contributed by atoms with Crippen molar-refractivity contribution in [1.82, 2.24) is 4.98 Å². The second-order valence-electron chi connectivity index (χ2n) is 16.3. The predicted molar refractivity (Wildman–Crippen MR) is 233 cm³/mol. The molecule has 53 heavy (non-hydrogen) atoms. The van der Waals surface area contributed by atoms with E-state index in [9.17, 15) is 0 Å². The van der Waals surface area contributed by atoms with Crippen LogP contribution in [0.4, 0.5) is 22.9 Å². The number of fused-ring (bicyclic) bond motifs is 1. The second kappa shape index (κ2) is 16.2. The summed E-state index contributed by atoms with van der Waals surface area (Å²) in [6.45, 7) is 30.3. The Hall–Kier alpha value is -5.22. The number of pyridine rings is 1. The average molecular weight is 703 g/mol. The lowest BCUT2D eigenvalue weighted by Crippen LogP contribution is -2.23. The molecule has 0 saturated carbocycles. The van der Waals surface area contributed by atoms with Crippen LogP contribution in [0.5, 0.6) is 0 Å². The van der Waals surface area contributed by atoms with E-state index in [-0.39, 0.29) is 10.8 Å². The first-order valence-corrected chi connectivity index (χ1v) is 18.9. The first kappa shape index (κ1) is 39.0. The van der Waals surface area contributed by atoms with Crippen molar-refractivity contribution in [2.75, 3.05) is 9.80 Å². The molecule has 0 saturated heterocycles. The number of aryl methyl sites for hydroxylation is 1. The number of nitrogens with zero attached hydrogens (tertiary/aromatic N) is 4. The van der Waals surface area contributed by atoms with Gasteiger partial charge < -0.3 is 0 Å². The Balaban J connectivity index is 1.93. The minimum absolute atomic E-state index is 0.0290. The van der Waals surface area contributed by atoms with Gasteiger partial charge in [-0.2, -0.15) is 0 Å². The molecular weight excluding hydrogens is 645 g/mol. The van der Waals surface area contributed by atoms with Crippen molar-refractivity contribution < 1.29 is 0 Å². The summed E-state index contributed by atoms with van der Waals surface area (Å²) in [5, 5.41) is 2.22. The van der Waals surface area contributed by atoms with Gasteiger partial charge in [-0.3, -0.25) is 9.80 Å². The first-order chi connectivity index (χ1) is 25.1. The number of aromatic nitrogens is 1. The van der Waals surface area contributed by atoms with Crippen LogP contribution in [-0.2, 0) is 5.41 Å². The molecule has 1 unspecified atom stereocenters. The summed E-state index contributed by atoms with van der Waals surface area (Å²) >= 11 is 0. The zero-order chi connectivity index (χ0) is 38.5. The number of rotatable bonds is 10. The summed E-state index contributed by atoms with van der Waals surface area (Å²) in [6.07, 6.45) is 19.1. The van der Waals surface area contributed by atoms with Gasteiger partial charge in [0.1, 0.15) is 11.6 Å². The van der Waals surface area contributed by atoms with Gasteiger partial charge in [0.05, 0.1) is 11.4 Å². The Bertz CT molecular complexity index is 2120. The van der Waals surface area contributed by atoms with Gasteiger partial charge >= 0.3 is 0 Å². The summed E-state index contributed by atoms with van der Waals surface area (Å²) in [4.78, 5) is 14.9. The number of hydrogen-bond donors (Lipinski definition) is 0. The summed E-state index contributed by atoms with van der Waals surface area (Å²) in [5.74, 6) is 2.13. The monoisotopic (exact) mass is 702 g/mol. The number of hydrogen-bond acceptors (Lipinski definition) is 4. The molecule has 0 aliphatic heterocycles. The van der Waals surface area contributed by atoms with E-state index in [0.29, 0.717) is 5.92 Å². The zero-order valence-electron chi connectivity index (χ0n) is 33.7. The minimum Gasteiger partial charge on any atom is -0.294 e. The molecule has 1 aromatic heterocycles. The van der Waals surface area contributed by atoms with Crippen molar-refractivity contribution in [3.8, 4) is 0 Å². The Morgan fingerprint density at radius 1 is 0.849 bits per heavy atom.